The van der Waals surface area contributed by atoms with E-state index in [2.05, 4.69) is 4.74 Å². The van der Waals surface area contributed by atoms with E-state index in [9.17, 15) is 27.5 Å². The van der Waals surface area contributed by atoms with E-state index in [1.807, 2.05) is 25.1 Å². The molecule has 0 spiro atoms. The van der Waals surface area contributed by atoms with Gasteiger partial charge in [0.2, 0.25) is 0 Å². The van der Waals surface area contributed by atoms with Crippen LogP contribution >= 0.6 is 0 Å². The molecule has 0 fully saturated rings. The van der Waals surface area contributed by atoms with Crippen molar-refractivity contribution in [1.82, 2.24) is 0 Å². The summed E-state index contributed by atoms with van der Waals surface area (Å²) < 4.78 is 62.2. The summed E-state index contributed by atoms with van der Waals surface area (Å²) in [6.45, 7) is 2.02. The maximum atomic E-state index is 14.3. The number of carboxylic acids is 1. The predicted molar refractivity (Wildman–Crippen MR) is 127 cm³/mol. The molecule has 2 atom stereocenters. The van der Waals surface area contributed by atoms with E-state index in [1.54, 1.807) is 24.3 Å². The minimum absolute atomic E-state index is 0.00301. The molecule has 0 saturated heterocycles. The van der Waals surface area contributed by atoms with E-state index in [4.69, 9.17) is 4.74 Å². The quantitative estimate of drug-likeness (QED) is 0.319. The van der Waals surface area contributed by atoms with Gasteiger partial charge in [0.05, 0.1) is 6.42 Å². The molecule has 36 heavy (non-hydrogen) atoms. The van der Waals surface area contributed by atoms with Crippen molar-refractivity contribution in [2.75, 3.05) is 0 Å². The van der Waals surface area contributed by atoms with Gasteiger partial charge >= 0.3 is 12.3 Å². The average Bonchev–Trinajstić information content (AvgIpc) is 2.83. The zero-order valence-corrected chi connectivity index (χ0v) is 19.6. The van der Waals surface area contributed by atoms with Crippen LogP contribution in [0.1, 0.15) is 61.3 Å². The fourth-order valence-corrected chi connectivity index (χ4v) is 4.62. The molecule has 8 heteroatoms. The molecule has 1 aliphatic rings. The minimum atomic E-state index is -4.86. The number of rotatable bonds is 8. The van der Waals surface area contributed by atoms with Crippen molar-refractivity contribution in [2.45, 2.75) is 57.4 Å². The predicted octanol–water partition coefficient (Wildman–Crippen LogP) is 7.82. The standard InChI is InChI=1S/C28H26F4O4/c1-2-3-20(15-27(33)34)21-9-8-19-10-13-25(35-26(19)14-21)18-6-4-17(5-7-18)23-16-22(11-12-24(23)29)36-28(30,31)32/h4-9,11-12,14,16,20,25H,2-3,10,13,15H2,1H3,(H,33,34). The highest BCUT2D eigenvalue weighted by Crippen LogP contribution is 2.39. The lowest BCUT2D eigenvalue weighted by Gasteiger charge is -2.28. The molecular weight excluding hydrogens is 476 g/mol. The Bertz CT molecular complexity index is 1220. The largest absolute Gasteiger partial charge is 0.573 e. The van der Waals surface area contributed by atoms with E-state index in [1.165, 1.54) is 0 Å². The van der Waals surface area contributed by atoms with E-state index >= 15 is 0 Å². The molecule has 3 aromatic carbocycles. The Balaban J connectivity index is 1.53. The van der Waals surface area contributed by atoms with Gasteiger partial charge in [-0.2, -0.15) is 0 Å². The van der Waals surface area contributed by atoms with Crippen LogP contribution in [0.5, 0.6) is 11.5 Å². The number of fused-ring (bicyclic) bond motifs is 1. The Hall–Kier alpha value is -3.55. The van der Waals surface area contributed by atoms with Gasteiger partial charge in [0.1, 0.15) is 23.4 Å². The third-order valence-electron chi connectivity index (χ3n) is 6.33. The summed E-state index contributed by atoms with van der Waals surface area (Å²) in [6.07, 6.45) is -1.91. The summed E-state index contributed by atoms with van der Waals surface area (Å²) in [5.74, 6) is -1.35. The molecule has 0 bridgehead atoms. The number of hydrogen-bond acceptors (Lipinski definition) is 3. The van der Waals surface area contributed by atoms with Crippen molar-refractivity contribution >= 4 is 5.97 Å². The fraction of sp³-hybridized carbons (Fsp3) is 0.321. The van der Waals surface area contributed by atoms with E-state index in [-0.39, 0.29) is 24.0 Å². The van der Waals surface area contributed by atoms with Crippen LogP contribution < -0.4 is 9.47 Å². The number of carboxylic acid groups (broad SMARTS) is 1. The van der Waals surface area contributed by atoms with Crippen LogP contribution in [0.15, 0.2) is 60.7 Å². The smallest absolute Gasteiger partial charge is 0.485 e. The molecule has 190 valence electrons. The lowest BCUT2D eigenvalue weighted by atomic mass is 9.89. The molecule has 3 aromatic rings. The number of aryl methyl sites for hydroxylation is 1. The number of hydrogen-bond donors (Lipinski definition) is 1. The number of benzene rings is 3. The van der Waals surface area contributed by atoms with Gasteiger partial charge in [0, 0.05) is 5.56 Å². The first-order valence-corrected chi connectivity index (χ1v) is 11.8. The van der Waals surface area contributed by atoms with Gasteiger partial charge in [-0.1, -0.05) is 49.7 Å². The van der Waals surface area contributed by atoms with Crippen molar-refractivity contribution in [2.24, 2.45) is 0 Å². The molecule has 1 N–H and O–H groups in total. The van der Waals surface area contributed by atoms with Crippen molar-refractivity contribution in [3.8, 4) is 22.6 Å². The van der Waals surface area contributed by atoms with Gasteiger partial charge < -0.3 is 14.6 Å². The normalized spacial score (nSPS) is 16.1. The Morgan fingerprint density at radius 2 is 1.86 bits per heavy atom. The van der Waals surface area contributed by atoms with E-state index < -0.39 is 23.9 Å². The molecule has 4 nitrogen and oxygen atoms in total. The van der Waals surface area contributed by atoms with Crippen molar-refractivity contribution in [3.63, 3.8) is 0 Å². The maximum Gasteiger partial charge on any atom is 0.573 e. The third-order valence-corrected chi connectivity index (χ3v) is 6.33. The molecule has 1 aliphatic heterocycles. The molecule has 0 radical (unpaired) electrons. The summed E-state index contributed by atoms with van der Waals surface area (Å²) in [6, 6.07) is 15.6. The van der Waals surface area contributed by atoms with Gasteiger partial charge in [-0.25, -0.2) is 4.39 Å². The number of aliphatic carboxylic acids is 1. The minimum Gasteiger partial charge on any atom is -0.485 e. The third kappa shape index (κ3) is 6.17. The molecule has 0 aliphatic carbocycles. The topological polar surface area (TPSA) is 55.8 Å². The zero-order valence-electron chi connectivity index (χ0n) is 19.6. The van der Waals surface area contributed by atoms with Gasteiger partial charge in [0.15, 0.2) is 0 Å². The highest BCUT2D eigenvalue weighted by atomic mass is 19.4. The monoisotopic (exact) mass is 502 g/mol. The van der Waals surface area contributed by atoms with Gasteiger partial charge in [-0.3, -0.25) is 4.79 Å². The highest BCUT2D eigenvalue weighted by Gasteiger charge is 2.31. The second-order valence-corrected chi connectivity index (χ2v) is 8.91. The summed E-state index contributed by atoms with van der Waals surface area (Å²) in [4.78, 5) is 11.3. The molecular formula is C28H26F4O4. The summed E-state index contributed by atoms with van der Waals surface area (Å²) in [7, 11) is 0. The fourth-order valence-electron chi connectivity index (χ4n) is 4.62. The average molecular weight is 503 g/mol. The van der Waals surface area contributed by atoms with E-state index in [0.717, 1.165) is 66.3 Å². The molecule has 0 amide bonds. The van der Waals surface area contributed by atoms with Crippen LogP contribution in [0, 0.1) is 5.82 Å². The van der Waals surface area contributed by atoms with Crippen molar-refractivity contribution < 1.29 is 36.9 Å². The first-order chi connectivity index (χ1) is 17.1. The SMILES string of the molecule is CCCC(CC(=O)O)c1ccc2c(c1)OC(c1ccc(-c3cc(OC(F)(F)F)ccc3F)cc1)CC2. The number of ether oxygens (including phenoxy) is 2. The summed E-state index contributed by atoms with van der Waals surface area (Å²) in [5, 5.41) is 9.28. The van der Waals surface area contributed by atoms with Crippen LogP contribution in [0.3, 0.4) is 0 Å². The Labute approximate surface area is 206 Å². The van der Waals surface area contributed by atoms with Gasteiger partial charge in [-0.05, 0) is 71.7 Å². The summed E-state index contributed by atoms with van der Waals surface area (Å²) in [5.41, 5.74) is 3.27. The van der Waals surface area contributed by atoms with Crippen LogP contribution in [0.2, 0.25) is 0 Å². The Morgan fingerprint density at radius 1 is 1.11 bits per heavy atom. The second kappa shape index (κ2) is 10.6. The van der Waals surface area contributed by atoms with Crippen LogP contribution in [0.25, 0.3) is 11.1 Å². The Kier molecular flexibility index (Phi) is 7.52. The second-order valence-electron chi connectivity index (χ2n) is 8.91. The maximum absolute atomic E-state index is 14.3. The highest BCUT2D eigenvalue weighted by molar-refractivity contribution is 5.68. The molecule has 0 aromatic heterocycles. The molecule has 2 unspecified atom stereocenters. The van der Waals surface area contributed by atoms with Crippen molar-refractivity contribution in [3.05, 3.63) is 83.2 Å². The first kappa shape index (κ1) is 25.5. The number of carbonyl (C=O) groups is 1. The van der Waals surface area contributed by atoms with Crippen LogP contribution in [0.4, 0.5) is 17.6 Å². The van der Waals surface area contributed by atoms with Crippen LogP contribution in [-0.2, 0) is 11.2 Å². The lowest BCUT2D eigenvalue weighted by molar-refractivity contribution is -0.274. The number of halogens is 4. The van der Waals surface area contributed by atoms with Crippen LogP contribution in [-0.4, -0.2) is 17.4 Å². The van der Waals surface area contributed by atoms with E-state index in [0.29, 0.717) is 5.56 Å². The molecule has 1 heterocycles. The molecule has 0 saturated carbocycles. The molecule has 4 rings (SSSR count). The lowest BCUT2D eigenvalue weighted by Crippen LogP contribution is -2.17. The Morgan fingerprint density at radius 3 is 2.53 bits per heavy atom. The van der Waals surface area contributed by atoms with Crippen molar-refractivity contribution in [1.29, 1.82) is 0 Å². The zero-order chi connectivity index (χ0) is 25.9. The number of alkyl halides is 3. The van der Waals surface area contributed by atoms with Gasteiger partial charge in [-0.15, -0.1) is 13.2 Å². The van der Waals surface area contributed by atoms with Gasteiger partial charge in [0.25, 0.3) is 0 Å². The first-order valence-electron chi connectivity index (χ1n) is 11.8. The summed E-state index contributed by atoms with van der Waals surface area (Å²) >= 11 is 0.